The maximum absolute atomic E-state index is 4.41. The molecule has 2 atom stereocenters. The fourth-order valence-corrected chi connectivity index (χ4v) is 3.43. The van der Waals surface area contributed by atoms with Crippen molar-refractivity contribution >= 4 is 16.5 Å². The van der Waals surface area contributed by atoms with Crippen LogP contribution in [0.1, 0.15) is 50.3 Å². The Hall–Kier alpha value is -0.570. The van der Waals surface area contributed by atoms with Gasteiger partial charge < -0.3 is 5.32 Å². The molecule has 0 amide bonds. The first kappa shape index (κ1) is 10.9. The zero-order valence-corrected chi connectivity index (χ0v) is 10.4. The van der Waals surface area contributed by atoms with Gasteiger partial charge in [0.1, 0.15) is 0 Å². The summed E-state index contributed by atoms with van der Waals surface area (Å²) in [4.78, 5) is 5.90. The van der Waals surface area contributed by atoms with Crippen LogP contribution < -0.4 is 5.32 Å². The quantitative estimate of drug-likeness (QED) is 0.843. The Kier molecular flexibility index (Phi) is 3.62. The van der Waals surface area contributed by atoms with Crippen molar-refractivity contribution in [3.05, 3.63) is 11.1 Å². The van der Waals surface area contributed by atoms with Crippen molar-refractivity contribution in [2.45, 2.75) is 45.4 Å². The third-order valence-corrected chi connectivity index (χ3v) is 4.31. The highest BCUT2D eigenvalue weighted by molar-refractivity contribution is 7.15. The summed E-state index contributed by atoms with van der Waals surface area (Å²) in [5, 5.41) is 4.37. The number of hydrogen-bond acceptors (Lipinski definition) is 3. The lowest BCUT2D eigenvalue weighted by molar-refractivity contribution is 0.347. The minimum atomic E-state index is 0.777. The molecule has 1 aromatic rings. The first-order chi connectivity index (χ1) is 7.29. The smallest absolute Gasteiger partial charge is 0.182 e. The highest BCUT2D eigenvalue weighted by Crippen LogP contribution is 2.38. The Balaban J connectivity index is 2.01. The molecule has 1 aliphatic carbocycles. The van der Waals surface area contributed by atoms with Gasteiger partial charge in [0.2, 0.25) is 0 Å². The van der Waals surface area contributed by atoms with Gasteiger partial charge in [0.05, 0.1) is 0 Å². The molecule has 1 saturated carbocycles. The van der Waals surface area contributed by atoms with Gasteiger partial charge in [-0.2, -0.15) is 0 Å². The largest absolute Gasteiger partial charge is 0.362 e. The van der Waals surface area contributed by atoms with Crippen LogP contribution in [0.2, 0.25) is 0 Å². The SMILES string of the molecule is CCNc1ncc(C2CCCC(C)C2)s1. The molecule has 1 aromatic heterocycles. The molecule has 0 saturated heterocycles. The van der Waals surface area contributed by atoms with E-state index in [4.69, 9.17) is 0 Å². The highest BCUT2D eigenvalue weighted by atomic mass is 32.1. The van der Waals surface area contributed by atoms with Gasteiger partial charge in [0, 0.05) is 17.6 Å². The summed E-state index contributed by atoms with van der Waals surface area (Å²) in [5.41, 5.74) is 0. The van der Waals surface area contributed by atoms with Crippen LogP contribution in [0.25, 0.3) is 0 Å². The Morgan fingerprint density at radius 3 is 3.13 bits per heavy atom. The van der Waals surface area contributed by atoms with Crippen molar-refractivity contribution in [2.24, 2.45) is 5.92 Å². The summed E-state index contributed by atoms with van der Waals surface area (Å²) >= 11 is 1.84. The normalized spacial score (nSPS) is 26.5. The third-order valence-electron chi connectivity index (χ3n) is 3.19. The second kappa shape index (κ2) is 4.97. The molecule has 3 heteroatoms. The fourth-order valence-electron chi connectivity index (χ4n) is 2.40. The number of anilines is 1. The van der Waals surface area contributed by atoms with E-state index in [0.717, 1.165) is 23.5 Å². The van der Waals surface area contributed by atoms with Crippen LogP contribution in [-0.4, -0.2) is 11.5 Å². The molecule has 1 fully saturated rings. The van der Waals surface area contributed by atoms with Gasteiger partial charge in [-0.15, -0.1) is 11.3 Å². The van der Waals surface area contributed by atoms with E-state index >= 15 is 0 Å². The zero-order valence-electron chi connectivity index (χ0n) is 9.62. The van der Waals surface area contributed by atoms with E-state index in [1.54, 1.807) is 0 Å². The molecule has 1 N–H and O–H groups in total. The van der Waals surface area contributed by atoms with Gasteiger partial charge in [0.25, 0.3) is 0 Å². The van der Waals surface area contributed by atoms with Crippen LogP contribution in [0, 0.1) is 5.92 Å². The van der Waals surface area contributed by atoms with E-state index in [2.05, 4.69) is 30.3 Å². The van der Waals surface area contributed by atoms with Crippen molar-refractivity contribution < 1.29 is 0 Å². The van der Waals surface area contributed by atoms with E-state index < -0.39 is 0 Å². The summed E-state index contributed by atoms with van der Waals surface area (Å²) in [7, 11) is 0. The lowest BCUT2D eigenvalue weighted by atomic mass is 9.82. The van der Waals surface area contributed by atoms with Gasteiger partial charge in [-0.1, -0.05) is 19.8 Å². The van der Waals surface area contributed by atoms with Crippen molar-refractivity contribution in [2.75, 3.05) is 11.9 Å². The number of nitrogens with one attached hydrogen (secondary N) is 1. The minimum absolute atomic E-state index is 0.777. The van der Waals surface area contributed by atoms with Crippen LogP contribution in [0.15, 0.2) is 6.20 Å². The molecule has 0 radical (unpaired) electrons. The molecule has 0 spiro atoms. The molecule has 15 heavy (non-hydrogen) atoms. The van der Waals surface area contributed by atoms with Crippen LogP contribution >= 0.6 is 11.3 Å². The predicted molar refractivity (Wildman–Crippen MR) is 66.7 cm³/mol. The first-order valence-electron chi connectivity index (χ1n) is 5.99. The molecule has 1 heterocycles. The van der Waals surface area contributed by atoms with Crippen LogP contribution in [0.4, 0.5) is 5.13 Å². The lowest BCUT2D eigenvalue weighted by Gasteiger charge is -2.25. The number of hydrogen-bond donors (Lipinski definition) is 1. The molecule has 2 unspecified atom stereocenters. The van der Waals surface area contributed by atoms with Gasteiger partial charge >= 0.3 is 0 Å². The average Bonchev–Trinajstić information content (AvgIpc) is 2.67. The van der Waals surface area contributed by atoms with Gasteiger partial charge in [-0.25, -0.2) is 4.98 Å². The predicted octanol–water partition coefficient (Wildman–Crippen LogP) is 3.87. The Morgan fingerprint density at radius 2 is 2.40 bits per heavy atom. The Bertz CT molecular complexity index is 308. The van der Waals surface area contributed by atoms with Crippen molar-refractivity contribution in [1.82, 2.24) is 4.98 Å². The third kappa shape index (κ3) is 2.71. The summed E-state index contributed by atoms with van der Waals surface area (Å²) in [5.74, 6) is 1.67. The average molecular weight is 224 g/mol. The van der Waals surface area contributed by atoms with Crippen molar-refractivity contribution in [1.29, 1.82) is 0 Å². The van der Waals surface area contributed by atoms with E-state index in [1.807, 2.05) is 11.3 Å². The Morgan fingerprint density at radius 1 is 1.53 bits per heavy atom. The minimum Gasteiger partial charge on any atom is -0.362 e. The molecule has 2 nitrogen and oxygen atoms in total. The molecule has 0 aliphatic heterocycles. The maximum atomic E-state index is 4.41. The Labute approximate surface area is 96.1 Å². The molecule has 0 bridgehead atoms. The zero-order chi connectivity index (χ0) is 10.7. The summed E-state index contributed by atoms with van der Waals surface area (Å²) in [6.07, 6.45) is 7.59. The number of rotatable bonds is 3. The van der Waals surface area contributed by atoms with Crippen molar-refractivity contribution in [3.8, 4) is 0 Å². The van der Waals surface area contributed by atoms with E-state index in [1.165, 1.54) is 30.6 Å². The van der Waals surface area contributed by atoms with E-state index in [0.29, 0.717) is 0 Å². The first-order valence-corrected chi connectivity index (χ1v) is 6.80. The molecule has 84 valence electrons. The topological polar surface area (TPSA) is 24.9 Å². The summed E-state index contributed by atoms with van der Waals surface area (Å²) in [6.45, 7) is 5.45. The number of thiazole rings is 1. The summed E-state index contributed by atoms with van der Waals surface area (Å²) < 4.78 is 0. The van der Waals surface area contributed by atoms with E-state index in [-0.39, 0.29) is 0 Å². The van der Waals surface area contributed by atoms with E-state index in [9.17, 15) is 0 Å². The molecule has 2 rings (SSSR count). The standard InChI is InChI=1S/C12H20N2S/c1-3-13-12-14-8-11(15-12)10-6-4-5-9(2)7-10/h8-10H,3-7H2,1-2H3,(H,13,14). The number of nitrogens with zero attached hydrogens (tertiary/aromatic N) is 1. The highest BCUT2D eigenvalue weighted by Gasteiger charge is 2.22. The molecular weight excluding hydrogens is 204 g/mol. The number of aromatic nitrogens is 1. The monoisotopic (exact) mass is 224 g/mol. The molecule has 0 aromatic carbocycles. The molecule has 1 aliphatic rings. The lowest BCUT2D eigenvalue weighted by Crippen LogP contribution is -2.10. The van der Waals surface area contributed by atoms with Crippen LogP contribution in [-0.2, 0) is 0 Å². The van der Waals surface area contributed by atoms with Gasteiger partial charge in [0.15, 0.2) is 5.13 Å². The fraction of sp³-hybridized carbons (Fsp3) is 0.750. The second-order valence-corrected chi connectivity index (χ2v) is 5.63. The maximum Gasteiger partial charge on any atom is 0.182 e. The van der Waals surface area contributed by atoms with Crippen LogP contribution in [0.5, 0.6) is 0 Å². The van der Waals surface area contributed by atoms with Gasteiger partial charge in [-0.3, -0.25) is 0 Å². The summed E-state index contributed by atoms with van der Waals surface area (Å²) in [6, 6.07) is 0. The van der Waals surface area contributed by atoms with Crippen LogP contribution in [0.3, 0.4) is 0 Å². The second-order valence-electron chi connectivity index (χ2n) is 4.57. The van der Waals surface area contributed by atoms with Crippen molar-refractivity contribution in [3.63, 3.8) is 0 Å². The molecular formula is C12H20N2S. The van der Waals surface area contributed by atoms with Gasteiger partial charge in [-0.05, 0) is 31.6 Å².